The van der Waals surface area contributed by atoms with Gasteiger partial charge in [0.05, 0.1) is 12.6 Å². The lowest BCUT2D eigenvalue weighted by molar-refractivity contribution is -0.115. The summed E-state index contributed by atoms with van der Waals surface area (Å²) in [5.41, 5.74) is 1.01. The molecule has 6 nitrogen and oxygen atoms in total. The van der Waals surface area contributed by atoms with E-state index in [2.05, 4.69) is 16.0 Å². The van der Waals surface area contributed by atoms with Crippen molar-refractivity contribution in [3.8, 4) is 0 Å². The first-order chi connectivity index (χ1) is 11.3. The Morgan fingerprint density at radius 1 is 1.29 bits per heavy atom. The topological polar surface area (TPSA) is 79.5 Å². The van der Waals surface area contributed by atoms with Crippen LogP contribution >= 0.6 is 0 Å². The summed E-state index contributed by atoms with van der Waals surface area (Å²) in [5, 5.41) is 8.80. The Bertz CT molecular complexity index is 575. The Labute approximate surface area is 143 Å². The van der Waals surface area contributed by atoms with Crippen molar-refractivity contribution < 1.29 is 14.3 Å². The molecule has 1 aliphatic heterocycles. The second-order valence-electron chi connectivity index (χ2n) is 7.08. The fourth-order valence-corrected chi connectivity index (χ4v) is 2.40. The Morgan fingerprint density at radius 2 is 2.08 bits per heavy atom. The van der Waals surface area contributed by atoms with E-state index in [4.69, 9.17) is 4.74 Å². The standard InChI is InChI=1S/C18H27N3O3/c1-18(2,3)20-12-16(22)21-14-7-4-6-13(10-14)17(23)19-11-15-8-5-9-24-15/h4,6-7,10,15,20H,5,8-9,11-12H2,1-3H3,(H,19,23)(H,21,22). The average Bonchev–Trinajstić information content (AvgIpc) is 3.04. The van der Waals surface area contributed by atoms with Gasteiger partial charge in [0.1, 0.15) is 0 Å². The van der Waals surface area contributed by atoms with Gasteiger partial charge < -0.3 is 20.7 Å². The van der Waals surface area contributed by atoms with Crippen molar-refractivity contribution in [1.29, 1.82) is 0 Å². The van der Waals surface area contributed by atoms with Crippen molar-refractivity contribution in [2.45, 2.75) is 45.3 Å². The summed E-state index contributed by atoms with van der Waals surface area (Å²) in [4.78, 5) is 24.2. The molecule has 1 aliphatic rings. The van der Waals surface area contributed by atoms with Crippen LogP contribution in [0.3, 0.4) is 0 Å². The minimum atomic E-state index is -0.158. The van der Waals surface area contributed by atoms with Crippen molar-refractivity contribution in [1.82, 2.24) is 10.6 Å². The fourth-order valence-electron chi connectivity index (χ4n) is 2.40. The third-order valence-corrected chi connectivity index (χ3v) is 3.70. The number of rotatable bonds is 6. The van der Waals surface area contributed by atoms with E-state index in [-0.39, 0.29) is 30.0 Å². The minimum Gasteiger partial charge on any atom is -0.376 e. The lowest BCUT2D eigenvalue weighted by Gasteiger charge is -2.20. The molecule has 1 fully saturated rings. The molecule has 1 saturated heterocycles. The summed E-state index contributed by atoms with van der Waals surface area (Å²) in [6.45, 7) is 7.51. The number of hydrogen-bond donors (Lipinski definition) is 3. The van der Waals surface area contributed by atoms with Crippen LogP contribution in [0.5, 0.6) is 0 Å². The lowest BCUT2D eigenvalue weighted by atomic mass is 10.1. The minimum absolute atomic E-state index is 0.111. The highest BCUT2D eigenvalue weighted by Crippen LogP contribution is 2.13. The molecule has 1 heterocycles. The SMILES string of the molecule is CC(C)(C)NCC(=O)Nc1cccc(C(=O)NCC2CCCO2)c1. The zero-order chi connectivity index (χ0) is 17.6. The van der Waals surface area contributed by atoms with Gasteiger partial charge in [-0.05, 0) is 51.8 Å². The van der Waals surface area contributed by atoms with Gasteiger partial charge in [0, 0.05) is 29.9 Å². The zero-order valence-electron chi connectivity index (χ0n) is 14.6. The molecule has 2 rings (SSSR count). The molecule has 1 atom stereocenters. The summed E-state index contributed by atoms with van der Waals surface area (Å²) in [6.07, 6.45) is 2.14. The molecule has 0 aliphatic carbocycles. The van der Waals surface area contributed by atoms with Crippen LogP contribution in [0.25, 0.3) is 0 Å². The molecule has 0 spiro atoms. The molecule has 0 radical (unpaired) electrons. The molecule has 1 unspecified atom stereocenters. The molecule has 6 heteroatoms. The molecule has 3 N–H and O–H groups in total. The van der Waals surface area contributed by atoms with E-state index in [1.807, 2.05) is 20.8 Å². The molecule has 1 aromatic rings. The molecule has 0 bridgehead atoms. The second kappa shape index (κ2) is 8.26. The van der Waals surface area contributed by atoms with Crippen LogP contribution < -0.4 is 16.0 Å². The highest BCUT2D eigenvalue weighted by molar-refractivity contribution is 5.97. The average molecular weight is 333 g/mol. The maximum absolute atomic E-state index is 12.2. The molecular weight excluding hydrogens is 306 g/mol. The molecule has 0 aromatic heterocycles. The molecular formula is C18H27N3O3. The summed E-state index contributed by atoms with van der Waals surface area (Å²) in [5.74, 6) is -0.295. The molecule has 24 heavy (non-hydrogen) atoms. The number of benzene rings is 1. The van der Waals surface area contributed by atoms with Crippen molar-refractivity contribution in [2.75, 3.05) is 25.0 Å². The van der Waals surface area contributed by atoms with Gasteiger partial charge in [-0.25, -0.2) is 0 Å². The Balaban J connectivity index is 1.85. The number of amides is 2. The largest absolute Gasteiger partial charge is 0.376 e. The van der Waals surface area contributed by atoms with E-state index < -0.39 is 0 Å². The predicted octanol–water partition coefficient (Wildman–Crippen LogP) is 1.92. The van der Waals surface area contributed by atoms with Crippen molar-refractivity contribution >= 4 is 17.5 Å². The Hall–Kier alpha value is -1.92. The second-order valence-corrected chi connectivity index (χ2v) is 7.08. The Kier molecular flexibility index (Phi) is 6.34. The number of anilines is 1. The van der Waals surface area contributed by atoms with Gasteiger partial charge in [0.15, 0.2) is 0 Å². The normalized spacial score (nSPS) is 17.5. The Morgan fingerprint density at radius 3 is 2.75 bits per heavy atom. The monoisotopic (exact) mass is 333 g/mol. The van der Waals surface area contributed by atoms with Gasteiger partial charge in [0.25, 0.3) is 5.91 Å². The van der Waals surface area contributed by atoms with Gasteiger partial charge in [-0.2, -0.15) is 0 Å². The van der Waals surface area contributed by atoms with Crippen molar-refractivity contribution in [3.05, 3.63) is 29.8 Å². The van der Waals surface area contributed by atoms with E-state index >= 15 is 0 Å². The predicted molar refractivity (Wildman–Crippen MR) is 94.1 cm³/mol. The van der Waals surface area contributed by atoms with E-state index in [9.17, 15) is 9.59 Å². The summed E-state index contributed by atoms with van der Waals surface area (Å²) in [6, 6.07) is 6.94. The maximum Gasteiger partial charge on any atom is 0.251 e. The first kappa shape index (κ1) is 18.4. The van der Waals surface area contributed by atoms with E-state index in [1.165, 1.54) is 0 Å². The summed E-state index contributed by atoms with van der Waals surface area (Å²) >= 11 is 0. The zero-order valence-corrected chi connectivity index (χ0v) is 14.6. The fraction of sp³-hybridized carbons (Fsp3) is 0.556. The van der Waals surface area contributed by atoms with Gasteiger partial charge in [0.2, 0.25) is 5.91 Å². The van der Waals surface area contributed by atoms with Gasteiger partial charge in [-0.1, -0.05) is 6.07 Å². The van der Waals surface area contributed by atoms with Gasteiger partial charge in [-0.3, -0.25) is 9.59 Å². The summed E-state index contributed by atoms with van der Waals surface area (Å²) < 4.78 is 5.49. The van der Waals surface area contributed by atoms with Crippen LogP contribution in [0.1, 0.15) is 44.0 Å². The van der Waals surface area contributed by atoms with E-state index in [0.717, 1.165) is 19.4 Å². The number of ether oxygens (including phenoxy) is 1. The molecule has 132 valence electrons. The van der Waals surface area contributed by atoms with Crippen LogP contribution in [0.15, 0.2) is 24.3 Å². The first-order valence-corrected chi connectivity index (χ1v) is 8.38. The number of hydrogen-bond acceptors (Lipinski definition) is 4. The maximum atomic E-state index is 12.2. The summed E-state index contributed by atoms with van der Waals surface area (Å²) in [7, 11) is 0. The van der Waals surface area contributed by atoms with E-state index in [0.29, 0.717) is 17.8 Å². The van der Waals surface area contributed by atoms with Crippen LogP contribution in [0.2, 0.25) is 0 Å². The highest BCUT2D eigenvalue weighted by atomic mass is 16.5. The molecule has 0 saturated carbocycles. The van der Waals surface area contributed by atoms with Crippen LogP contribution in [-0.4, -0.2) is 43.2 Å². The lowest BCUT2D eigenvalue weighted by Crippen LogP contribution is -2.41. The smallest absolute Gasteiger partial charge is 0.251 e. The molecule has 2 amide bonds. The highest BCUT2D eigenvalue weighted by Gasteiger charge is 2.17. The number of nitrogens with one attached hydrogen (secondary N) is 3. The molecule has 1 aromatic carbocycles. The third-order valence-electron chi connectivity index (χ3n) is 3.70. The van der Waals surface area contributed by atoms with Crippen LogP contribution in [0, 0.1) is 0 Å². The number of carbonyl (C=O) groups excluding carboxylic acids is 2. The van der Waals surface area contributed by atoms with Crippen molar-refractivity contribution in [3.63, 3.8) is 0 Å². The van der Waals surface area contributed by atoms with Crippen molar-refractivity contribution in [2.24, 2.45) is 0 Å². The van der Waals surface area contributed by atoms with Crippen LogP contribution in [0.4, 0.5) is 5.69 Å². The van der Waals surface area contributed by atoms with Gasteiger partial charge >= 0.3 is 0 Å². The van der Waals surface area contributed by atoms with E-state index in [1.54, 1.807) is 24.3 Å². The van der Waals surface area contributed by atoms with Gasteiger partial charge in [-0.15, -0.1) is 0 Å². The quantitative estimate of drug-likeness (QED) is 0.743. The number of carbonyl (C=O) groups is 2. The van der Waals surface area contributed by atoms with Crippen LogP contribution in [-0.2, 0) is 9.53 Å². The third kappa shape index (κ3) is 6.29. The first-order valence-electron chi connectivity index (χ1n) is 8.38.